The summed E-state index contributed by atoms with van der Waals surface area (Å²) < 4.78 is 6.59. The Balaban J connectivity index is 1.74. The first-order valence-corrected chi connectivity index (χ1v) is 11.0. The Morgan fingerprint density at radius 3 is 2.24 bits per heavy atom. The van der Waals surface area contributed by atoms with Crippen molar-refractivity contribution >= 4 is 44.6 Å². The first-order chi connectivity index (χ1) is 14.1. The molecule has 3 rings (SSSR count). The summed E-state index contributed by atoms with van der Waals surface area (Å²) in [4.78, 5) is 4.45. The van der Waals surface area contributed by atoms with Crippen LogP contribution >= 0.6 is 28.1 Å². The molecule has 1 N–H and O–H groups in total. The van der Waals surface area contributed by atoms with E-state index in [0.29, 0.717) is 18.2 Å². The Kier molecular flexibility index (Phi) is 7.72. The molecular weight excluding hydrogens is 446 g/mol. The van der Waals surface area contributed by atoms with Gasteiger partial charge in [-0.3, -0.25) is 0 Å². The fourth-order valence-corrected chi connectivity index (χ4v) is 3.66. The zero-order chi connectivity index (χ0) is 20.6. The van der Waals surface area contributed by atoms with Crippen molar-refractivity contribution in [3.8, 4) is 0 Å². The lowest BCUT2D eigenvalue weighted by atomic mass is 10.1. The van der Waals surface area contributed by atoms with Gasteiger partial charge in [0.2, 0.25) is 0 Å². The minimum Gasteiger partial charge on any atom is -0.467 e. The van der Waals surface area contributed by atoms with Gasteiger partial charge in [0, 0.05) is 35.5 Å². The number of rotatable bonds is 8. The van der Waals surface area contributed by atoms with Crippen molar-refractivity contribution in [2.24, 2.45) is 0 Å². The predicted octanol–water partition coefficient (Wildman–Crippen LogP) is 6.29. The molecular formula is C23H26BrN3OS. The van der Waals surface area contributed by atoms with Crippen LogP contribution in [0.1, 0.15) is 25.2 Å². The smallest absolute Gasteiger partial charge is 0.174 e. The zero-order valence-corrected chi connectivity index (χ0v) is 19.2. The van der Waals surface area contributed by atoms with Crippen LogP contribution in [-0.2, 0) is 13.1 Å². The molecule has 0 aliphatic heterocycles. The summed E-state index contributed by atoms with van der Waals surface area (Å²) in [6.07, 6.45) is 1.69. The van der Waals surface area contributed by atoms with Crippen LogP contribution in [0.5, 0.6) is 0 Å². The molecule has 1 aromatic heterocycles. The molecule has 4 nitrogen and oxygen atoms in total. The maximum Gasteiger partial charge on any atom is 0.174 e. The molecule has 2 aromatic carbocycles. The first-order valence-electron chi connectivity index (χ1n) is 9.76. The van der Waals surface area contributed by atoms with E-state index < -0.39 is 0 Å². The number of hydrogen-bond acceptors (Lipinski definition) is 3. The molecule has 0 amide bonds. The number of hydrogen-bond donors (Lipinski definition) is 1. The van der Waals surface area contributed by atoms with Crippen LogP contribution in [0.2, 0.25) is 0 Å². The molecule has 0 saturated heterocycles. The summed E-state index contributed by atoms with van der Waals surface area (Å²) in [5.74, 6) is 0.879. The van der Waals surface area contributed by atoms with Crippen LogP contribution in [0.3, 0.4) is 0 Å². The van der Waals surface area contributed by atoms with Crippen LogP contribution in [0.4, 0.5) is 11.4 Å². The fourth-order valence-electron chi connectivity index (χ4n) is 3.15. The van der Waals surface area contributed by atoms with E-state index in [-0.39, 0.29) is 0 Å². The average Bonchev–Trinajstić information content (AvgIpc) is 3.24. The molecule has 0 unspecified atom stereocenters. The SMILES string of the molecule is CCN(CC)c1ccc(CN(Cc2ccco2)C(=S)Nc2ccc(Br)cc2)cc1. The average molecular weight is 472 g/mol. The summed E-state index contributed by atoms with van der Waals surface area (Å²) in [7, 11) is 0. The molecule has 0 radical (unpaired) electrons. The third kappa shape index (κ3) is 6.08. The van der Waals surface area contributed by atoms with E-state index in [9.17, 15) is 0 Å². The quantitative estimate of drug-likeness (QED) is 0.390. The summed E-state index contributed by atoms with van der Waals surface area (Å²) in [5, 5.41) is 4.00. The van der Waals surface area contributed by atoms with Crippen molar-refractivity contribution in [3.05, 3.63) is 82.7 Å². The molecule has 0 aliphatic rings. The number of thiocarbonyl (C=S) groups is 1. The van der Waals surface area contributed by atoms with Crippen molar-refractivity contribution in [1.29, 1.82) is 0 Å². The maximum absolute atomic E-state index is 5.72. The summed E-state index contributed by atoms with van der Waals surface area (Å²) in [6.45, 7) is 7.65. The number of anilines is 2. The topological polar surface area (TPSA) is 31.6 Å². The van der Waals surface area contributed by atoms with Gasteiger partial charge in [0.25, 0.3) is 0 Å². The van der Waals surface area contributed by atoms with Gasteiger partial charge in [-0.1, -0.05) is 28.1 Å². The molecule has 0 bridgehead atoms. The fraction of sp³-hybridized carbons (Fsp3) is 0.261. The first kappa shape index (κ1) is 21.4. The van der Waals surface area contributed by atoms with Crippen LogP contribution in [0, 0.1) is 0 Å². The minimum absolute atomic E-state index is 0.604. The Bertz CT molecular complexity index is 891. The number of nitrogens with zero attached hydrogens (tertiary/aromatic N) is 2. The highest BCUT2D eigenvalue weighted by molar-refractivity contribution is 9.10. The standard InChI is InChI=1S/C23H26BrN3OS/c1-3-26(4-2)21-13-7-18(8-14-21)16-27(17-22-6-5-15-28-22)23(29)25-20-11-9-19(24)10-12-20/h5-15H,3-4,16-17H2,1-2H3,(H,25,29). The van der Waals surface area contributed by atoms with Crippen molar-refractivity contribution in [2.45, 2.75) is 26.9 Å². The molecule has 1 heterocycles. The molecule has 6 heteroatoms. The minimum atomic E-state index is 0.604. The van der Waals surface area contributed by atoms with E-state index in [0.717, 1.165) is 29.0 Å². The van der Waals surface area contributed by atoms with Gasteiger partial charge in [-0.15, -0.1) is 0 Å². The summed E-state index contributed by atoms with van der Waals surface area (Å²) in [6, 6.07) is 20.6. The second-order valence-corrected chi connectivity index (χ2v) is 8.01. The monoisotopic (exact) mass is 471 g/mol. The Labute approximate surface area is 186 Å². The maximum atomic E-state index is 5.72. The summed E-state index contributed by atoms with van der Waals surface area (Å²) in [5.41, 5.74) is 3.40. The van der Waals surface area contributed by atoms with Crippen LogP contribution in [0.15, 0.2) is 75.8 Å². The normalized spacial score (nSPS) is 10.6. The van der Waals surface area contributed by atoms with Gasteiger partial charge < -0.3 is 19.5 Å². The lowest BCUT2D eigenvalue weighted by Crippen LogP contribution is -2.33. The molecule has 29 heavy (non-hydrogen) atoms. The van der Waals surface area contributed by atoms with Gasteiger partial charge >= 0.3 is 0 Å². The second kappa shape index (κ2) is 10.5. The highest BCUT2D eigenvalue weighted by Gasteiger charge is 2.14. The molecule has 152 valence electrons. The van der Waals surface area contributed by atoms with Gasteiger partial charge in [0.1, 0.15) is 5.76 Å². The molecule has 0 aliphatic carbocycles. The number of nitrogens with one attached hydrogen (secondary N) is 1. The van der Waals surface area contributed by atoms with Crippen molar-refractivity contribution < 1.29 is 4.42 Å². The number of benzene rings is 2. The van der Waals surface area contributed by atoms with E-state index in [4.69, 9.17) is 16.6 Å². The van der Waals surface area contributed by atoms with Gasteiger partial charge in [-0.25, -0.2) is 0 Å². The van der Waals surface area contributed by atoms with E-state index in [1.165, 1.54) is 11.3 Å². The largest absolute Gasteiger partial charge is 0.467 e. The van der Waals surface area contributed by atoms with E-state index in [1.807, 2.05) is 36.4 Å². The highest BCUT2D eigenvalue weighted by Crippen LogP contribution is 2.19. The molecule has 0 atom stereocenters. The van der Waals surface area contributed by atoms with Crippen molar-refractivity contribution in [1.82, 2.24) is 4.90 Å². The lowest BCUT2D eigenvalue weighted by Gasteiger charge is -2.26. The number of furan rings is 1. The highest BCUT2D eigenvalue weighted by atomic mass is 79.9. The van der Waals surface area contributed by atoms with E-state index in [2.05, 4.69) is 69.2 Å². The second-order valence-electron chi connectivity index (χ2n) is 6.71. The Morgan fingerprint density at radius 1 is 0.966 bits per heavy atom. The molecule has 0 spiro atoms. The van der Waals surface area contributed by atoms with Crippen molar-refractivity contribution in [3.63, 3.8) is 0 Å². The third-order valence-corrected chi connectivity index (χ3v) is 5.64. The van der Waals surface area contributed by atoms with Gasteiger partial charge in [-0.2, -0.15) is 0 Å². The number of halogens is 1. The molecule has 0 fully saturated rings. The molecule has 3 aromatic rings. The molecule has 0 saturated carbocycles. The lowest BCUT2D eigenvalue weighted by molar-refractivity contribution is 0.360. The van der Waals surface area contributed by atoms with Gasteiger partial charge in [-0.05, 0) is 80.2 Å². The predicted molar refractivity (Wildman–Crippen MR) is 128 cm³/mol. The van der Waals surface area contributed by atoms with Crippen LogP contribution in [-0.4, -0.2) is 23.1 Å². The third-order valence-electron chi connectivity index (χ3n) is 4.75. The van der Waals surface area contributed by atoms with Gasteiger partial charge in [0.15, 0.2) is 5.11 Å². The van der Waals surface area contributed by atoms with Crippen LogP contribution in [0.25, 0.3) is 0 Å². The Hall–Kier alpha value is -2.31. The Morgan fingerprint density at radius 2 is 1.66 bits per heavy atom. The van der Waals surface area contributed by atoms with E-state index >= 15 is 0 Å². The summed E-state index contributed by atoms with van der Waals surface area (Å²) >= 11 is 9.18. The van der Waals surface area contributed by atoms with E-state index in [1.54, 1.807) is 6.26 Å². The van der Waals surface area contributed by atoms with Crippen LogP contribution < -0.4 is 10.2 Å². The van der Waals surface area contributed by atoms with Crippen molar-refractivity contribution in [2.75, 3.05) is 23.3 Å². The van der Waals surface area contributed by atoms with Gasteiger partial charge in [0.05, 0.1) is 12.8 Å². The zero-order valence-electron chi connectivity index (χ0n) is 16.8.